The molecule has 1 aromatic heterocycles. The molecule has 3 rings (SSSR count). The number of carbonyl (C=O) groups excluding carboxylic acids is 1. The molecule has 2 amide bonds. The van der Waals surface area contributed by atoms with E-state index in [1.54, 1.807) is 6.20 Å². The quantitative estimate of drug-likeness (QED) is 0.864. The number of aromatic nitrogens is 2. The maximum Gasteiger partial charge on any atom is 0.317 e. The molecule has 2 heterocycles. The number of urea groups is 1. The van der Waals surface area contributed by atoms with Crippen molar-refractivity contribution in [2.45, 2.75) is 45.8 Å². The molecule has 1 aliphatic rings. The highest BCUT2D eigenvalue weighted by molar-refractivity contribution is 5.74. The van der Waals surface area contributed by atoms with Crippen molar-refractivity contribution in [3.63, 3.8) is 0 Å². The van der Waals surface area contributed by atoms with Gasteiger partial charge in [-0.05, 0) is 43.9 Å². The van der Waals surface area contributed by atoms with Crippen molar-refractivity contribution in [1.29, 1.82) is 0 Å². The summed E-state index contributed by atoms with van der Waals surface area (Å²) in [6.07, 6.45) is 6.96. The van der Waals surface area contributed by atoms with Gasteiger partial charge in [-0.2, -0.15) is 0 Å². The molecule has 0 spiro atoms. The lowest BCUT2D eigenvalue weighted by molar-refractivity contribution is 0.0100. The third-order valence-corrected chi connectivity index (χ3v) is 4.71. The van der Waals surface area contributed by atoms with Crippen LogP contribution in [0.25, 0.3) is 5.69 Å². The summed E-state index contributed by atoms with van der Waals surface area (Å²) in [6, 6.07) is 8.16. The number of piperidine rings is 1. The van der Waals surface area contributed by atoms with Crippen LogP contribution in [0.3, 0.4) is 0 Å². The van der Waals surface area contributed by atoms with Crippen LogP contribution in [0.4, 0.5) is 4.79 Å². The lowest BCUT2D eigenvalue weighted by Gasteiger charge is -2.32. The van der Waals surface area contributed by atoms with Crippen molar-refractivity contribution in [2.24, 2.45) is 0 Å². The Morgan fingerprint density at radius 2 is 2.15 bits per heavy atom. The molecule has 1 N–H and O–H groups in total. The highest BCUT2D eigenvalue weighted by Crippen LogP contribution is 2.14. The lowest BCUT2D eigenvalue weighted by atomic mass is 10.1. The number of nitrogens with one attached hydrogen (secondary N) is 1. The third kappa shape index (κ3) is 4.64. The van der Waals surface area contributed by atoms with Gasteiger partial charge < -0.3 is 19.5 Å². The Kier molecular flexibility index (Phi) is 6.28. The van der Waals surface area contributed by atoms with Crippen molar-refractivity contribution in [3.8, 4) is 5.69 Å². The molecule has 0 saturated carbocycles. The Morgan fingerprint density at radius 3 is 2.85 bits per heavy atom. The van der Waals surface area contributed by atoms with Crippen LogP contribution in [-0.2, 0) is 11.3 Å². The van der Waals surface area contributed by atoms with E-state index in [-0.39, 0.29) is 12.1 Å². The fraction of sp³-hybridized carbons (Fsp3) is 0.500. The zero-order valence-electron chi connectivity index (χ0n) is 15.6. The lowest BCUT2D eigenvalue weighted by Crippen LogP contribution is -2.47. The monoisotopic (exact) mass is 356 g/mol. The SMILES string of the molecule is CCCO[C@@H]1CCCN(C(=O)NCc2ccc(-n3ccnc3C)cc2)C1. The van der Waals surface area contributed by atoms with Crippen LogP contribution in [0.2, 0.25) is 0 Å². The minimum absolute atomic E-state index is 0.00988. The highest BCUT2D eigenvalue weighted by Gasteiger charge is 2.23. The Morgan fingerprint density at radius 1 is 1.35 bits per heavy atom. The second kappa shape index (κ2) is 8.85. The molecular formula is C20H28N4O2. The molecule has 0 bridgehead atoms. The van der Waals surface area contributed by atoms with Crippen molar-refractivity contribution >= 4 is 6.03 Å². The average molecular weight is 356 g/mol. The van der Waals surface area contributed by atoms with Crippen LogP contribution in [0, 0.1) is 6.92 Å². The largest absolute Gasteiger partial charge is 0.376 e. The number of nitrogens with zero attached hydrogens (tertiary/aromatic N) is 3. The fourth-order valence-electron chi connectivity index (χ4n) is 3.26. The molecule has 1 saturated heterocycles. The average Bonchev–Trinajstić information content (AvgIpc) is 3.11. The fourth-order valence-corrected chi connectivity index (χ4v) is 3.26. The van der Waals surface area contributed by atoms with Crippen molar-refractivity contribution in [3.05, 3.63) is 48.0 Å². The summed E-state index contributed by atoms with van der Waals surface area (Å²) in [4.78, 5) is 18.5. The van der Waals surface area contributed by atoms with Crippen LogP contribution in [0.15, 0.2) is 36.7 Å². The van der Waals surface area contributed by atoms with Crippen LogP contribution in [0.1, 0.15) is 37.6 Å². The number of rotatable bonds is 6. The standard InChI is InChI=1S/C20H28N4O2/c1-3-13-26-19-5-4-11-23(15-19)20(25)22-14-17-6-8-18(9-7-17)24-12-10-21-16(24)2/h6-10,12,19H,3-5,11,13-15H2,1-2H3,(H,22,25)/t19-/m1/s1. The third-order valence-electron chi connectivity index (χ3n) is 4.71. The molecular weight excluding hydrogens is 328 g/mol. The van der Waals surface area contributed by atoms with Gasteiger partial charge in [-0.1, -0.05) is 19.1 Å². The van der Waals surface area contributed by atoms with Crippen molar-refractivity contribution in [1.82, 2.24) is 19.8 Å². The number of benzene rings is 1. The van der Waals surface area contributed by atoms with Gasteiger partial charge in [0.2, 0.25) is 0 Å². The van der Waals surface area contributed by atoms with Crippen molar-refractivity contribution < 1.29 is 9.53 Å². The summed E-state index contributed by atoms with van der Waals surface area (Å²) in [6.45, 7) is 6.86. The zero-order valence-corrected chi connectivity index (χ0v) is 15.6. The number of hydrogen-bond acceptors (Lipinski definition) is 3. The summed E-state index contributed by atoms with van der Waals surface area (Å²) in [7, 11) is 0. The molecule has 140 valence electrons. The summed E-state index contributed by atoms with van der Waals surface area (Å²) >= 11 is 0. The molecule has 0 unspecified atom stereocenters. The Hall–Kier alpha value is -2.34. The smallest absolute Gasteiger partial charge is 0.317 e. The van der Waals surface area contributed by atoms with Crippen molar-refractivity contribution in [2.75, 3.05) is 19.7 Å². The molecule has 1 atom stereocenters. The Bertz CT molecular complexity index is 711. The topological polar surface area (TPSA) is 59.4 Å². The Balaban J connectivity index is 1.50. The first-order valence-corrected chi connectivity index (χ1v) is 9.41. The number of amides is 2. The van der Waals surface area contributed by atoms with E-state index in [9.17, 15) is 4.79 Å². The Labute approximate surface area is 155 Å². The van der Waals surface area contributed by atoms with E-state index >= 15 is 0 Å². The second-order valence-corrected chi connectivity index (χ2v) is 6.75. The van der Waals surface area contributed by atoms with E-state index in [2.05, 4.69) is 17.2 Å². The van der Waals surface area contributed by atoms with Gasteiger partial charge in [-0.25, -0.2) is 9.78 Å². The first-order valence-electron chi connectivity index (χ1n) is 9.41. The molecule has 1 aromatic carbocycles. The molecule has 1 fully saturated rings. The number of ether oxygens (including phenoxy) is 1. The summed E-state index contributed by atoms with van der Waals surface area (Å²) in [5.74, 6) is 0.955. The van der Waals surface area contributed by atoms with E-state index in [0.29, 0.717) is 13.1 Å². The van der Waals surface area contributed by atoms with Crippen LogP contribution in [0.5, 0.6) is 0 Å². The first kappa shape index (κ1) is 18.5. The maximum atomic E-state index is 12.4. The van der Waals surface area contributed by atoms with E-state index in [4.69, 9.17) is 4.74 Å². The molecule has 1 aliphatic heterocycles. The van der Waals surface area contributed by atoms with E-state index in [0.717, 1.165) is 49.5 Å². The van der Waals surface area contributed by atoms with Gasteiger partial charge in [0.05, 0.1) is 6.10 Å². The molecule has 0 aliphatic carbocycles. The minimum atomic E-state index is -0.00988. The molecule has 26 heavy (non-hydrogen) atoms. The number of hydrogen-bond donors (Lipinski definition) is 1. The highest BCUT2D eigenvalue weighted by atomic mass is 16.5. The normalized spacial score (nSPS) is 17.3. The van der Waals surface area contributed by atoms with Gasteiger partial charge in [0.25, 0.3) is 0 Å². The second-order valence-electron chi connectivity index (χ2n) is 6.75. The van der Waals surface area contributed by atoms with Gasteiger partial charge >= 0.3 is 6.03 Å². The van der Waals surface area contributed by atoms with Gasteiger partial charge in [-0.3, -0.25) is 0 Å². The van der Waals surface area contributed by atoms with Gasteiger partial charge in [0, 0.05) is 44.3 Å². The minimum Gasteiger partial charge on any atom is -0.376 e. The van der Waals surface area contributed by atoms with Crippen LogP contribution < -0.4 is 5.32 Å². The van der Waals surface area contributed by atoms with Gasteiger partial charge in [-0.15, -0.1) is 0 Å². The van der Waals surface area contributed by atoms with E-state index in [1.807, 2.05) is 46.9 Å². The van der Waals surface area contributed by atoms with E-state index < -0.39 is 0 Å². The van der Waals surface area contributed by atoms with Crippen LogP contribution >= 0.6 is 0 Å². The first-order chi connectivity index (χ1) is 12.7. The molecule has 2 aromatic rings. The number of likely N-dealkylation sites (tertiary alicyclic amines) is 1. The van der Waals surface area contributed by atoms with E-state index in [1.165, 1.54) is 0 Å². The summed E-state index contributed by atoms with van der Waals surface area (Å²) in [5, 5.41) is 3.02. The van der Waals surface area contributed by atoms with Gasteiger partial charge in [0.15, 0.2) is 0 Å². The zero-order chi connectivity index (χ0) is 18.4. The number of imidazole rings is 1. The summed E-state index contributed by atoms with van der Waals surface area (Å²) < 4.78 is 7.84. The predicted octanol–water partition coefficient (Wildman–Crippen LogP) is 3.28. The van der Waals surface area contributed by atoms with Crippen LogP contribution in [-0.4, -0.2) is 46.3 Å². The van der Waals surface area contributed by atoms with Gasteiger partial charge in [0.1, 0.15) is 5.82 Å². The number of carbonyl (C=O) groups is 1. The number of aryl methyl sites for hydroxylation is 1. The predicted molar refractivity (Wildman–Crippen MR) is 101 cm³/mol. The summed E-state index contributed by atoms with van der Waals surface area (Å²) in [5.41, 5.74) is 2.15. The molecule has 6 heteroatoms. The molecule has 6 nitrogen and oxygen atoms in total. The maximum absolute atomic E-state index is 12.4. The molecule has 0 radical (unpaired) electrons.